The molecule has 0 aliphatic carbocycles. The zero-order chi connectivity index (χ0) is 11.3. The van der Waals surface area contributed by atoms with E-state index in [0.717, 1.165) is 0 Å². The summed E-state index contributed by atoms with van der Waals surface area (Å²) in [7, 11) is 4.51. The van der Waals surface area contributed by atoms with Gasteiger partial charge in [0, 0.05) is 11.0 Å². The Morgan fingerprint density at radius 3 is 2.00 bits per heavy atom. The molecule has 0 N–H and O–H groups in total. The zero-order valence-corrected chi connectivity index (χ0v) is 8.72. The van der Waals surface area contributed by atoms with Crippen LogP contribution in [0.15, 0.2) is 17.2 Å². The van der Waals surface area contributed by atoms with Crippen LogP contribution in [0.1, 0.15) is 0 Å². The summed E-state index contributed by atoms with van der Waals surface area (Å²) in [5.41, 5.74) is 8.72. The fourth-order valence-corrected chi connectivity index (χ4v) is 1.14. The molecule has 1 aromatic rings. The molecule has 0 saturated heterocycles. The van der Waals surface area contributed by atoms with Crippen LogP contribution in [0.3, 0.4) is 0 Å². The second-order valence-corrected chi connectivity index (χ2v) is 2.57. The maximum atomic E-state index is 8.36. The SMILES string of the molecule is COc1cc(OC)c(OC)cc1N=[N+]=[N-]. The minimum atomic E-state index is 0.359. The Balaban J connectivity index is 3.33. The van der Waals surface area contributed by atoms with Gasteiger partial charge in [-0.1, -0.05) is 5.11 Å². The van der Waals surface area contributed by atoms with Gasteiger partial charge >= 0.3 is 0 Å². The Labute approximate surface area is 87.0 Å². The average Bonchev–Trinajstić information content (AvgIpc) is 2.28. The quantitative estimate of drug-likeness (QED) is 0.434. The van der Waals surface area contributed by atoms with Crippen molar-refractivity contribution in [2.75, 3.05) is 21.3 Å². The molecule has 80 valence electrons. The predicted octanol–water partition coefficient (Wildman–Crippen LogP) is 2.65. The minimum Gasteiger partial charge on any atom is -0.496 e. The number of hydrogen-bond donors (Lipinski definition) is 0. The summed E-state index contributed by atoms with van der Waals surface area (Å²) < 4.78 is 15.2. The van der Waals surface area contributed by atoms with E-state index in [-0.39, 0.29) is 0 Å². The molecule has 6 heteroatoms. The second-order valence-electron chi connectivity index (χ2n) is 2.57. The van der Waals surface area contributed by atoms with Crippen molar-refractivity contribution in [3.05, 3.63) is 22.6 Å². The van der Waals surface area contributed by atoms with E-state index >= 15 is 0 Å². The molecule has 0 fully saturated rings. The summed E-state index contributed by atoms with van der Waals surface area (Å²) in [6.07, 6.45) is 0. The Hall–Kier alpha value is -2.07. The van der Waals surface area contributed by atoms with Gasteiger partial charge in [-0.15, -0.1) is 0 Å². The molecule has 0 amide bonds. The van der Waals surface area contributed by atoms with Crippen molar-refractivity contribution >= 4 is 5.69 Å². The highest BCUT2D eigenvalue weighted by molar-refractivity contribution is 5.61. The molecule has 0 heterocycles. The number of hydrogen-bond acceptors (Lipinski definition) is 4. The number of methoxy groups -OCH3 is 3. The first-order valence-electron chi connectivity index (χ1n) is 4.12. The van der Waals surface area contributed by atoms with Crippen molar-refractivity contribution in [2.45, 2.75) is 0 Å². The molecule has 0 aliphatic heterocycles. The van der Waals surface area contributed by atoms with Gasteiger partial charge in [-0.3, -0.25) is 0 Å². The summed E-state index contributed by atoms with van der Waals surface area (Å²) in [5.74, 6) is 1.44. The molecule has 0 saturated carbocycles. The fraction of sp³-hybridized carbons (Fsp3) is 0.333. The molecule has 1 aromatic carbocycles. The van der Waals surface area contributed by atoms with E-state index in [2.05, 4.69) is 10.0 Å². The third-order valence-electron chi connectivity index (χ3n) is 1.84. The van der Waals surface area contributed by atoms with Crippen LogP contribution in [0.5, 0.6) is 17.2 Å². The first kappa shape index (κ1) is 11.0. The lowest BCUT2D eigenvalue weighted by Gasteiger charge is -2.11. The van der Waals surface area contributed by atoms with Gasteiger partial charge in [-0.25, -0.2) is 0 Å². The third-order valence-corrected chi connectivity index (χ3v) is 1.84. The third kappa shape index (κ3) is 2.24. The van der Waals surface area contributed by atoms with Crippen molar-refractivity contribution in [3.63, 3.8) is 0 Å². The molecular formula is C9H11N3O3. The molecule has 0 unspecified atom stereocenters. The van der Waals surface area contributed by atoms with E-state index in [0.29, 0.717) is 22.9 Å². The summed E-state index contributed by atoms with van der Waals surface area (Å²) in [6.45, 7) is 0. The lowest BCUT2D eigenvalue weighted by Crippen LogP contribution is -1.92. The van der Waals surface area contributed by atoms with Crippen LogP contribution >= 0.6 is 0 Å². The number of nitrogens with zero attached hydrogens (tertiary/aromatic N) is 3. The van der Waals surface area contributed by atoms with Gasteiger partial charge < -0.3 is 14.2 Å². The van der Waals surface area contributed by atoms with Crippen molar-refractivity contribution in [3.8, 4) is 17.2 Å². The predicted molar refractivity (Wildman–Crippen MR) is 54.9 cm³/mol. The number of benzene rings is 1. The molecule has 0 spiro atoms. The van der Waals surface area contributed by atoms with Gasteiger partial charge in [-0.05, 0) is 11.6 Å². The van der Waals surface area contributed by atoms with E-state index in [1.54, 1.807) is 12.1 Å². The van der Waals surface area contributed by atoms with Crippen LogP contribution in [0.4, 0.5) is 5.69 Å². The normalized spacial score (nSPS) is 9.00. The minimum absolute atomic E-state index is 0.359. The summed E-state index contributed by atoms with van der Waals surface area (Å²) in [4.78, 5) is 2.69. The van der Waals surface area contributed by atoms with Gasteiger partial charge in [0.15, 0.2) is 11.5 Å². The smallest absolute Gasteiger partial charge is 0.164 e. The molecule has 6 nitrogen and oxygen atoms in total. The highest BCUT2D eigenvalue weighted by Crippen LogP contribution is 2.39. The van der Waals surface area contributed by atoms with Crippen LogP contribution in [-0.2, 0) is 0 Å². The number of ether oxygens (including phenoxy) is 3. The van der Waals surface area contributed by atoms with Gasteiger partial charge in [-0.2, -0.15) is 0 Å². The topological polar surface area (TPSA) is 76.5 Å². The van der Waals surface area contributed by atoms with Crippen molar-refractivity contribution in [1.82, 2.24) is 0 Å². The highest BCUT2D eigenvalue weighted by Gasteiger charge is 2.10. The monoisotopic (exact) mass is 209 g/mol. The van der Waals surface area contributed by atoms with Crippen molar-refractivity contribution in [2.24, 2.45) is 5.11 Å². The second kappa shape index (κ2) is 4.97. The van der Waals surface area contributed by atoms with Crippen molar-refractivity contribution < 1.29 is 14.2 Å². The van der Waals surface area contributed by atoms with Gasteiger partial charge in [0.1, 0.15) is 5.75 Å². The first-order valence-corrected chi connectivity index (χ1v) is 4.12. The zero-order valence-electron chi connectivity index (χ0n) is 8.72. The number of azide groups is 1. The first-order chi connectivity index (χ1) is 7.26. The van der Waals surface area contributed by atoms with Gasteiger partial charge in [0.25, 0.3) is 0 Å². The van der Waals surface area contributed by atoms with Crippen LogP contribution < -0.4 is 14.2 Å². The van der Waals surface area contributed by atoms with E-state index in [1.165, 1.54) is 21.3 Å². The largest absolute Gasteiger partial charge is 0.496 e. The molecule has 0 atom stereocenters. The maximum absolute atomic E-state index is 8.36. The van der Waals surface area contributed by atoms with E-state index in [4.69, 9.17) is 19.7 Å². The molecule has 0 bridgehead atoms. The Morgan fingerprint density at radius 1 is 1.00 bits per heavy atom. The lowest BCUT2D eigenvalue weighted by atomic mass is 10.2. The highest BCUT2D eigenvalue weighted by atomic mass is 16.5. The lowest BCUT2D eigenvalue weighted by molar-refractivity contribution is 0.349. The van der Waals surface area contributed by atoms with Gasteiger partial charge in [0.2, 0.25) is 0 Å². The van der Waals surface area contributed by atoms with Crippen LogP contribution in [0.2, 0.25) is 0 Å². The van der Waals surface area contributed by atoms with Crippen molar-refractivity contribution in [1.29, 1.82) is 0 Å². The summed E-state index contributed by atoms with van der Waals surface area (Å²) in [6, 6.07) is 3.15. The molecule has 0 radical (unpaired) electrons. The van der Waals surface area contributed by atoms with E-state index in [1.807, 2.05) is 0 Å². The summed E-state index contributed by atoms with van der Waals surface area (Å²) >= 11 is 0. The van der Waals surface area contributed by atoms with Crippen LogP contribution in [0, 0.1) is 0 Å². The van der Waals surface area contributed by atoms with Gasteiger partial charge in [0.05, 0.1) is 27.0 Å². The molecular weight excluding hydrogens is 198 g/mol. The van der Waals surface area contributed by atoms with E-state index in [9.17, 15) is 0 Å². The number of rotatable bonds is 4. The maximum Gasteiger partial charge on any atom is 0.164 e. The van der Waals surface area contributed by atoms with Crippen LogP contribution in [-0.4, -0.2) is 21.3 Å². The molecule has 0 aromatic heterocycles. The molecule has 1 rings (SSSR count). The Morgan fingerprint density at radius 2 is 1.53 bits per heavy atom. The Bertz CT molecular complexity index is 400. The molecule has 15 heavy (non-hydrogen) atoms. The Kier molecular flexibility index (Phi) is 3.65. The average molecular weight is 209 g/mol. The fourth-order valence-electron chi connectivity index (χ4n) is 1.14. The van der Waals surface area contributed by atoms with E-state index < -0.39 is 0 Å². The molecule has 0 aliphatic rings. The van der Waals surface area contributed by atoms with Crippen LogP contribution in [0.25, 0.3) is 10.4 Å². The standard InChI is InChI=1S/C9H11N3O3/c1-13-7-5-9(15-3)8(14-2)4-6(7)11-12-10/h4-5H,1-3H3. The summed E-state index contributed by atoms with van der Waals surface area (Å²) in [5, 5.41) is 3.48.